The molecule has 0 radical (unpaired) electrons. The molecule has 4 rings (SSSR count). The van der Waals surface area contributed by atoms with Crippen molar-refractivity contribution in [1.29, 1.82) is 0 Å². The third-order valence-corrected chi connectivity index (χ3v) is 11.4. The summed E-state index contributed by atoms with van der Waals surface area (Å²) < 4.78 is 26.5. The Morgan fingerprint density at radius 2 is 1.97 bits per heavy atom. The van der Waals surface area contributed by atoms with E-state index in [0.717, 1.165) is 13.1 Å². The number of aromatic amines is 1. The van der Waals surface area contributed by atoms with Crippen LogP contribution in [0.15, 0.2) is 21.9 Å². The first kappa shape index (κ1) is 21.9. The van der Waals surface area contributed by atoms with Crippen LogP contribution in [0.1, 0.15) is 27.0 Å². The molecular formula is C20H33N3O6Si. The molecule has 1 aromatic heterocycles. The van der Waals surface area contributed by atoms with Gasteiger partial charge in [-0.15, -0.1) is 0 Å². The monoisotopic (exact) mass is 439 g/mol. The lowest BCUT2D eigenvalue weighted by atomic mass is 9.98. The fourth-order valence-corrected chi connectivity index (χ4v) is 5.51. The van der Waals surface area contributed by atoms with Crippen molar-refractivity contribution in [2.75, 3.05) is 39.5 Å². The molecule has 1 aromatic rings. The largest absolute Gasteiger partial charge is 0.408 e. The number of rotatable bonds is 5. The number of hydrogen-bond acceptors (Lipinski definition) is 7. The number of morpholine rings is 1. The quantitative estimate of drug-likeness (QED) is 0.682. The number of H-pyrrole nitrogens is 1. The fourth-order valence-electron chi connectivity index (χ4n) is 4.17. The Kier molecular flexibility index (Phi) is 5.61. The van der Waals surface area contributed by atoms with Crippen LogP contribution in [0.2, 0.25) is 18.1 Å². The maximum Gasteiger partial charge on any atom is 0.330 e. The standard InChI is InChI=1S/C20H33N3O6Si/c1-19(2,3)30(4,5)29-16-15-17(23-7-6-14(24)21-18(23)25)28-20(16,13-27-15)12-22-8-10-26-11-9-22/h6-7,15-17H,8-13H2,1-5H3,(H,21,24,25)/t15-,16?,17+,20-/m0/s1. The molecule has 0 saturated carbocycles. The Morgan fingerprint density at radius 3 is 2.60 bits per heavy atom. The lowest BCUT2D eigenvalue weighted by Gasteiger charge is -2.42. The van der Waals surface area contributed by atoms with Gasteiger partial charge in [-0.05, 0) is 18.1 Å². The van der Waals surface area contributed by atoms with E-state index in [9.17, 15) is 9.59 Å². The van der Waals surface area contributed by atoms with Gasteiger partial charge in [0.15, 0.2) is 14.5 Å². The van der Waals surface area contributed by atoms with Gasteiger partial charge in [-0.2, -0.15) is 0 Å². The lowest BCUT2D eigenvalue weighted by Crippen LogP contribution is -2.57. The van der Waals surface area contributed by atoms with Crippen molar-refractivity contribution in [2.24, 2.45) is 0 Å². The summed E-state index contributed by atoms with van der Waals surface area (Å²) in [6, 6.07) is 1.33. The number of ether oxygens (including phenoxy) is 3. The average molecular weight is 440 g/mol. The molecule has 0 aliphatic carbocycles. The van der Waals surface area contributed by atoms with E-state index >= 15 is 0 Å². The Morgan fingerprint density at radius 1 is 1.27 bits per heavy atom. The van der Waals surface area contributed by atoms with Crippen LogP contribution in [0.25, 0.3) is 0 Å². The summed E-state index contributed by atoms with van der Waals surface area (Å²) >= 11 is 0. The predicted molar refractivity (Wildman–Crippen MR) is 113 cm³/mol. The molecule has 1 N–H and O–H groups in total. The minimum Gasteiger partial charge on any atom is -0.408 e. The van der Waals surface area contributed by atoms with Gasteiger partial charge >= 0.3 is 5.69 Å². The highest BCUT2D eigenvalue weighted by Crippen LogP contribution is 2.49. The summed E-state index contributed by atoms with van der Waals surface area (Å²) in [7, 11) is -2.13. The maximum absolute atomic E-state index is 12.5. The smallest absolute Gasteiger partial charge is 0.330 e. The molecule has 4 atom stereocenters. The average Bonchev–Trinajstić information content (AvgIpc) is 3.12. The number of hydrogen-bond donors (Lipinski definition) is 1. The second kappa shape index (κ2) is 7.68. The van der Waals surface area contributed by atoms with Crippen LogP contribution >= 0.6 is 0 Å². The van der Waals surface area contributed by atoms with Gasteiger partial charge in [0, 0.05) is 31.9 Å². The van der Waals surface area contributed by atoms with Crippen LogP contribution in [0, 0.1) is 0 Å². The van der Waals surface area contributed by atoms with Gasteiger partial charge in [-0.25, -0.2) is 4.79 Å². The zero-order chi connectivity index (χ0) is 21.7. The minimum atomic E-state index is -2.13. The van der Waals surface area contributed by atoms with Crippen molar-refractivity contribution in [1.82, 2.24) is 14.5 Å². The third kappa shape index (κ3) is 3.85. The maximum atomic E-state index is 12.5. The molecule has 10 heteroatoms. The van der Waals surface area contributed by atoms with Crippen molar-refractivity contribution in [3.8, 4) is 0 Å². The van der Waals surface area contributed by atoms with Gasteiger partial charge < -0.3 is 18.6 Å². The Hall–Kier alpha value is -1.30. The molecule has 0 spiro atoms. The minimum absolute atomic E-state index is 0.0273. The lowest BCUT2D eigenvalue weighted by molar-refractivity contribution is -0.183. The number of nitrogens with zero attached hydrogens (tertiary/aromatic N) is 2. The molecule has 4 heterocycles. The number of nitrogens with one attached hydrogen (secondary N) is 1. The zero-order valence-corrected chi connectivity index (χ0v) is 19.5. The Balaban J connectivity index is 1.68. The number of fused-ring (bicyclic) bond motifs is 2. The third-order valence-electron chi connectivity index (χ3n) is 6.92. The summed E-state index contributed by atoms with van der Waals surface area (Å²) in [5.41, 5.74) is -1.61. The topological polar surface area (TPSA) is 95.0 Å². The molecule has 2 bridgehead atoms. The van der Waals surface area contributed by atoms with Gasteiger partial charge in [-0.1, -0.05) is 20.8 Å². The van der Waals surface area contributed by atoms with E-state index in [4.69, 9.17) is 18.6 Å². The molecule has 3 aliphatic heterocycles. The van der Waals surface area contributed by atoms with Crippen LogP contribution in [0.3, 0.4) is 0 Å². The van der Waals surface area contributed by atoms with E-state index in [2.05, 4.69) is 43.7 Å². The Labute approximate surface area is 177 Å². The molecular weight excluding hydrogens is 406 g/mol. The first-order valence-corrected chi connectivity index (χ1v) is 13.5. The van der Waals surface area contributed by atoms with Crippen LogP contribution in [-0.4, -0.2) is 80.0 Å². The summed E-state index contributed by atoms with van der Waals surface area (Å²) in [5, 5.41) is 0.0273. The van der Waals surface area contributed by atoms with Gasteiger partial charge in [0.25, 0.3) is 5.56 Å². The van der Waals surface area contributed by atoms with Crippen LogP contribution in [0.4, 0.5) is 0 Å². The van der Waals surface area contributed by atoms with E-state index in [1.165, 1.54) is 16.8 Å². The summed E-state index contributed by atoms with van der Waals surface area (Å²) in [5.74, 6) is 0. The van der Waals surface area contributed by atoms with Gasteiger partial charge in [0.2, 0.25) is 0 Å². The fraction of sp³-hybridized carbons (Fsp3) is 0.800. The van der Waals surface area contributed by atoms with E-state index in [1.54, 1.807) is 0 Å². The second-order valence-electron chi connectivity index (χ2n) is 10.1. The molecule has 3 fully saturated rings. The first-order chi connectivity index (χ1) is 14.0. The molecule has 0 aromatic carbocycles. The Bertz CT molecular complexity index is 888. The summed E-state index contributed by atoms with van der Waals surface area (Å²) in [6.45, 7) is 15.2. The molecule has 9 nitrogen and oxygen atoms in total. The molecule has 1 unspecified atom stereocenters. The first-order valence-electron chi connectivity index (χ1n) is 10.6. The van der Waals surface area contributed by atoms with Gasteiger partial charge in [0.05, 0.1) is 19.8 Å². The van der Waals surface area contributed by atoms with Gasteiger partial charge in [0.1, 0.15) is 17.8 Å². The van der Waals surface area contributed by atoms with Crippen molar-refractivity contribution < 1.29 is 18.6 Å². The molecule has 3 saturated heterocycles. The van der Waals surface area contributed by atoms with Crippen molar-refractivity contribution in [2.45, 2.75) is 62.9 Å². The van der Waals surface area contributed by atoms with E-state index in [-0.39, 0.29) is 11.1 Å². The SMILES string of the molecule is CC(C)(C)[Si](C)(C)OC1[C@@H]2OC[C@]1(CN1CCOCC1)O[C@H]2n1ccc(=O)[nH]c1=O. The van der Waals surface area contributed by atoms with Gasteiger partial charge in [-0.3, -0.25) is 19.2 Å². The van der Waals surface area contributed by atoms with Crippen molar-refractivity contribution >= 4 is 8.32 Å². The highest BCUT2D eigenvalue weighted by atomic mass is 28.4. The van der Waals surface area contributed by atoms with E-state index in [0.29, 0.717) is 26.4 Å². The molecule has 3 aliphatic rings. The van der Waals surface area contributed by atoms with Crippen LogP contribution in [0.5, 0.6) is 0 Å². The van der Waals surface area contributed by atoms with Crippen LogP contribution in [-0.2, 0) is 18.6 Å². The zero-order valence-electron chi connectivity index (χ0n) is 18.5. The molecule has 168 valence electrons. The second-order valence-corrected chi connectivity index (χ2v) is 14.8. The summed E-state index contributed by atoms with van der Waals surface area (Å²) in [4.78, 5) is 28.6. The highest BCUT2D eigenvalue weighted by Gasteiger charge is 2.65. The van der Waals surface area contributed by atoms with Crippen molar-refractivity contribution in [3.05, 3.63) is 33.1 Å². The number of aromatic nitrogens is 2. The summed E-state index contributed by atoms with van der Waals surface area (Å²) in [6.07, 6.45) is 0.134. The normalized spacial score (nSPS) is 32.6. The van der Waals surface area contributed by atoms with Crippen LogP contribution < -0.4 is 11.2 Å². The predicted octanol–water partition coefficient (Wildman–Crippen LogP) is 0.926. The van der Waals surface area contributed by atoms with Crippen molar-refractivity contribution in [3.63, 3.8) is 0 Å². The van der Waals surface area contributed by atoms with E-state index in [1.807, 2.05) is 0 Å². The highest BCUT2D eigenvalue weighted by molar-refractivity contribution is 6.74. The molecule has 0 amide bonds. The van der Waals surface area contributed by atoms with E-state index < -0.39 is 37.5 Å². The molecule has 30 heavy (non-hydrogen) atoms.